The van der Waals surface area contributed by atoms with E-state index in [2.05, 4.69) is 51.0 Å². The molecule has 2 aromatic rings. The van der Waals surface area contributed by atoms with Gasteiger partial charge in [0, 0.05) is 54.0 Å². The summed E-state index contributed by atoms with van der Waals surface area (Å²) >= 11 is 3.64. The van der Waals surface area contributed by atoms with E-state index in [9.17, 15) is 0 Å². The highest BCUT2D eigenvalue weighted by atomic mass is 79.9. The second-order valence-electron chi connectivity index (χ2n) is 8.34. The molecule has 31 heavy (non-hydrogen) atoms. The van der Waals surface area contributed by atoms with E-state index in [1.54, 1.807) is 14.2 Å². The first kappa shape index (κ1) is 20.6. The maximum Gasteiger partial charge on any atom is 0.200 e. The van der Waals surface area contributed by atoms with Crippen LogP contribution in [0, 0.1) is 0 Å². The molecule has 3 aliphatic rings. The molecular weight excluding hydrogens is 458 g/mol. The van der Waals surface area contributed by atoms with Crippen molar-refractivity contribution in [2.45, 2.75) is 38.0 Å². The van der Waals surface area contributed by atoms with E-state index < -0.39 is 5.72 Å². The highest BCUT2D eigenvalue weighted by Crippen LogP contribution is 2.51. The Kier molecular flexibility index (Phi) is 5.34. The predicted octanol–water partition coefficient (Wildman–Crippen LogP) is 4.82. The molecule has 5 rings (SSSR count). The van der Waals surface area contributed by atoms with Gasteiger partial charge >= 0.3 is 0 Å². The third-order valence-electron chi connectivity index (χ3n) is 6.76. The van der Waals surface area contributed by atoms with Crippen LogP contribution in [0.15, 0.2) is 46.0 Å². The van der Waals surface area contributed by atoms with Gasteiger partial charge in [0.25, 0.3) is 0 Å². The van der Waals surface area contributed by atoms with Crippen molar-refractivity contribution >= 4 is 21.6 Å². The number of methoxy groups -OCH3 is 2. The van der Waals surface area contributed by atoms with Crippen molar-refractivity contribution in [3.8, 4) is 17.2 Å². The van der Waals surface area contributed by atoms with Crippen LogP contribution in [0.4, 0.5) is 0 Å². The van der Waals surface area contributed by atoms with E-state index in [1.165, 1.54) is 5.56 Å². The number of hydrogen-bond acceptors (Lipinski definition) is 6. The van der Waals surface area contributed by atoms with Crippen molar-refractivity contribution in [1.29, 1.82) is 0 Å². The number of hydrazone groups is 1. The zero-order valence-electron chi connectivity index (χ0n) is 18.2. The molecule has 2 aromatic carbocycles. The van der Waals surface area contributed by atoms with Gasteiger partial charge < -0.3 is 19.1 Å². The molecule has 3 heterocycles. The van der Waals surface area contributed by atoms with Crippen molar-refractivity contribution in [2.24, 2.45) is 5.10 Å². The first-order valence-electron chi connectivity index (χ1n) is 10.9. The third-order valence-corrected chi connectivity index (χ3v) is 7.26. The molecule has 0 aliphatic carbocycles. The molecule has 0 amide bonds. The Morgan fingerprint density at radius 2 is 1.94 bits per heavy atom. The largest absolute Gasteiger partial charge is 0.497 e. The summed E-state index contributed by atoms with van der Waals surface area (Å²) in [5.41, 5.74) is 2.82. The lowest BCUT2D eigenvalue weighted by Gasteiger charge is -2.51. The number of likely N-dealkylation sites (tertiary alicyclic amines) is 1. The van der Waals surface area contributed by atoms with Crippen LogP contribution in [0.25, 0.3) is 0 Å². The highest BCUT2D eigenvalue weighted by Gasteiger charge is 2.51. The average molecular weight is 486 g/mol. The van der Waals surface area contributed by atoms with E-state index in [-0.39, 0.29) is 6.04 Å². The number of piperidine rings is 1. The maximum atomic E-state index is 6.72. The van der Waals surface area contributed by atoms with Crippen LogP contribution in [-0.4, -0.2) is 55.2 Å². The van der Waals surface area contributed by atoms with Gasteiger partial charge in [-0.2, -0.15) is 5.10 Å². The quantitative estimate of drug-likeness (QED) is 0.620. The molecule has 3 aliphatic heterocycles. The number of nitrogens with zero attached hydrogens (tertiary/aromatic N) is 3. The summed E-state index contributed by atoms with van der Waals surface area (Å²) in [7, 11) is 3.36. The Morgan fingerprint density at radius 1 is 1.13 bits per heavy atom. The fourth-order valence-corrected chi connectivity index (χ4v) is 5.38. The second-order valence-corrected chi connectivity index (χ2v) is 9.26. The van der Waals surface area contributed by atoms with Crippen LogP contribution in [0.2, 0.25) is 0 Å². The normalized spacial score (nSPS) is 21.9. The lowest BCUT2D eigenvalue weighted by molar-refractivity contribution is -0.149. The topological polar surface area (TPSA) is 46.5 Å². The highest BCUT2D eigenvalue weighted by molar-refractivity contribution is 9.10. The van der Waals surface area contributed by atoms with Crippen LogP contribution in [0.1, 0.15) is 43.4 Å². The standard InChI is InChI=1S/C24H28BrN3O3/c1-4-27-11-9-24(10-12-27)28-21(19-13-16(25)5-8-22(19)31-24)15-20(26-28)18-7-6-17(29-2)14-23(18)30-3/h5-8,13-14,21H,4,9-12,15H2,1-3H3/t21-/m1/s1. The minimum Gasteiger partial charge on any atom is -0.497 e. The van der Waals surface area contributed by atoms with Gasteiger partial charge in [-0.3, -0.25) is 0 Å². The molecule has 0 radical (unpaired) electrons. The van der Waals surface area contributed by atoms with Crippen molar-refractivity contribution in [1.82, 2.24) is 9.91 Å². The van der Waals surface area contributed by atoms with Crippen LogP contribution in [0.5, 0.6) is 17.2 Å². The SMILES string of the molecule is CCN1CCC2(CC1)Oc1ccc(Br)cc1[C@H]1CC(c3ccc(OC)cc3OC)=NN12. The Hall–Kier alpha value is -2.25. The van der Waals surface area contributed by atoms with Gasteiger partial charge in [0.15, 0.2) is 0 Å². The number of ether oxygens (including phenoxy) is 3. The Bertz CT molecular complexity index is 1020. The number of hydrogen-bond donors (Lipinski definition) is 0. The summed E-state index contributed by atoms with van der Waals surface area (Å²) in [5.74, 6) is 2.54. The van der Waals surface area contributed by atoms with Crippen LogP contribution < -0.4 is 14.2 Å². The smallest absolute Gasteiger partial charge is 0.200 e. The first-order valence-corrected chi connectivity index (χ1v) is 11.7. The molecule has 1 spiro atoms. The molecular formula is C24H28BrN3O3. The van der Waals surface area contributed by atoms with Crippen LogP contribution in [-0.2, 0) is 0 Å². The van der Waals surface area contributed by atoms with Crippen molar-refractivity contribution in [3.63, 3.8) is 0 Å². The predicted molar refractivity (Wildman–Crippen MR) is 124 cm³/mol. The number of rotatable bonds is 4. The summed E-state index contributed by atoms with van der Waals surface area (Å²) in [5, 5.41) is 7.41. The minimum absolute atomic E-state index is 0.149. The first-order chi connectivity index (χ1) is 15.1. The van der Waals surface area contributed by atoms with Crippen LogP contribution >= 0.6 is 15.9 Å². The summed E-state index contributed by atoms with van der Waals surface area (Å²) in [6.07, 6.45) is 2.68. The maximum absolute atomic E-state index is 6.72. The number of benzene rings is 2. The van der Waals surface area contributed by atoms with E-state index in [4.69, 9.17) is 19.3 Å². The molecule has 1 fully saturated rings. The molecule has 1 atom stereocenters. The Morgan fingerprint density at radius 3 is 2.65 bits per heavy atom. The Labute approximate surface area is 191 Å². The summed E-state index contributed by atoms with van der Waals surface area (Å²) in [6.45, 7) is 5.32. The Balaban J connectivity index is 1.57. The zero-order chi connectivity index (χ0) is 21.6. The van der Waals surface area contributed by atoms with Gasteiger partial charge in [0.05, 0.1) is 26.0 Å². The second kappa shape index (κ2) is 8.02. The summed E-state index contributed by atoms with van der Waals surface area (Å²) in [4.78, 5) is 2.48. The monoisotopic (exact) mass is 485 g/mol. The van der Waals surface area contributed by atoms with Crippen molar-refractivity contribution in [2.75, 3.05) is 33.9 Å². The molecule has 0 bridgehead atoms. The van der Waals surface area contributed by atoms with E-state index in [0.717, 1.165) is 71.9 Å². The molecule has 164 valence electrons. The van der Waals surface area contributed by atoms with Gasteiger partial charge in [-0.25, -0.2) is 5.01 Å². The zero-order valence-corrected chi connectivity index (χ0v) is 19.8. The van der Waals surface area contributed by atoms with Gasteiger partial charge in [-0.1, -0.05) is 22.9 Å². The van der Waals surface area contributed by atoms with Gasteiger partial charge in [-0.15, -0.1) is 0 Å². The van der Waals surface area contributed by atoms with Crippen LogP contribution in [0.3, 0.4) is 0 Å². The average Bonchev–Trinajstić information content (AvgIpc) is 3.26. The van der Waals surface area contributed by atoms with Gasteiger partial charge in [-0.05, 0) is 36.9 Å². The fourth-order valence-electron chi connectivity index (χ4n) is 5.00. The molecule has 0 aromatic heterocycles. The lowest BCUT2D eigenvalue weighted by atomic mass is 9.90. The fraction of sp³-hybridized carbons (Fsp3) is 0.458. The molecule has 7 heteroatoms. The molecule has 0 unspecified atom stereocenters. The minimum atomic E-state index is -0.404. The lowest BCUT2D eigenvalue weighted by Crippen LogP contribution is -2.59. The van der Waals surface area contributed by atoms with Crippen molar-refractivity contribution in [3.05, 3.63) is 52.0 Å². The molecule has 6 nitrogen and oxygen atoms in total. The number of halogens is 1. The molecule has 1 saturated heterocycles. The van der Waals surface area contributed by atoms with Crippen molar-refractivity contribution < 1.29 is 14.2 Å². The molecule has 0 saturated carbocycles. The third kappa shape index (κ3) is 3.48. The number of fused-ring (bicyclic) bond motifs is 4. The van der Waals surface area contributed by atoms with E-state index in [0.29, 0.717) is 0 Å². The summed E-state index contributed by atoms with van der Waals surface area (Å²) in [6, 6.07) is 12.4. The van der Waals surface area contributed by atoms with Gasteiger partial charge in [0.2, 0.25) is 5.72 Å². The molecule has 0 N–H and O–H groups in total. The van der Waals surface area contributed by atoms with E-state index >= 15 is 0 Å². The van der Waals surface area contributed by atoms with Gasteiger partial charge in [0.1, 0.15) is 17.2 Å². The van der Waals surface area contributed by atoms with E-state index in [1.807, 2.05) is 18.2 Å². The summed E-state index contributed by atoms with van der Waals surface area (Å²) < 4.78 is 18.8.